The second-order valence-corrected chi connectivity index (χ2v) is 5.92. The van der Waals surface area contributed by atoms with E-state index >= 15 is 0 Å². The van der Waals surface area contributed by atoms with Crippen LogP contribution >= 0.6 is 0 Å². The van der Waals surface area contributed by atoms with Gasteiger partial charge in [-0.3, -0.25) is 24.9 Å². The summed E-state index contributed by atoms with van der Waals surface area (Å²) in [6, 6.07) is 7.45. The normalized spacial score (nSPS) is 10.8. The van der Waals surface area contributed by atoms with Gasteiger partial charge in [-0.05, 0) is 37.6 Å². The molecule has 0 aliphatic heterocycles. The molecule has 0 saturated heterocycles. The molecule has 0 radical (unpaired) electrons. The molecule has 1 amide bonds. The maximum absolute atomic E-state index is 12.7. The van der Waals surface area contributed by atoms with Crippen LogP contribution in [0.3, 0.4) is 0 Å². The Balaban J connectivity index is 1.64. The second-order valence-electron chi connectivity index (χ2n) is 5.92. The van der Waals surface area contributed by atoms with Crippen LogP contribution in [0.2, 0.25) is 0 Å². The van der Waals surface area contributed by atoms with Crippen molar-refractivity contribution < 1.29 is 4.79 Å². The van der Waals surface area contributed by atoms with Crippen LogP contribution < -0.4 is 5.43 Å². The van der Waals surface area contributed by atoms with Gasteiger partial charge < -0.3 is 0 Å². The number of fused-ring (bicyclic) bond motifs is 1. The highest BCUT2D eigenvalue weighted by Crippen LogP contribution is 2.19. The highest BCUT2D eigenvalue weighted by molar-refractivity contribution is 6.01. The zero-order chi connectivity index (χ0) is 18.1. The smallest absolute Gasteiger partial charge is 0.267 e. The van der Waals surface area contributed by atoms with Crippen LogP contribution in [0.4, 0.5) is 0 Å². The number of hydrogen-bond donors (Lipinski definition) is 1. The lowest BCUT2D eigenvalue weighted by atomic mass is 10.2. The summed E-state index contributed by atoms with van der Waals surface area (Å²) >= 11 is 0. The Morgan fingerprint density at radius 2 is 1.96 bits per heavy atom. The zero-order valence-electron chi connectivity index (χ0n) is 14.3. The highest BCUT2D eigenvalue weighted by atomic mass is 16.2. The predicted octanol–water partition coefficient (Wildman–Crippen LogP) is 2.89. The van der Waals surface area contributed by atoms with Gasteiger partial charge in [-0.1, -0.05) is 6.07 Å². The molecule has 0 aliphatic rings. The molecule has 4 aromatic rings. The molecule has 0 saturated carbocycles. The first-order valence-corrected chi connectivity index (χ1v) is 8.11. The van der Waals surface area contributed by atoms with Crippen molar-refractivity contribution in [1.82, 2.24) is 24.6 Å². The van der Waals surface area contributed by atoms with Crippen molar-refractivity contribution in [2.75, 3.05) is 5.43 Å². The maximum atomic E-state index is 12.7. The summed E-state index contributed by atoms with van der Waals surface area (Å²) in [7, 11) is 0. The van der Waals surface area contributed by atoms with E-state index in [9.17, 15) is 4.79 Å². The Kier molecular flexibility index (Phi) is 3.89. The van der Waals surface area contributed by atoms with Crippen LogP contribution in [0.15, 0.2) is 55.2 Å². The van der Waals surface area contributed by atoms with Gasteiger partial charge in [-0.15, -0.1) is 0 Å². The molecule has 4 heterocycles. The average molecular weight is 344 g/mol. The first-order valence-electron chi connectivity index (χ1n) is 8.11. The van der Waals surface area contributed by atoms with E-state index in [1.807, 2.05) is 37.4 Å². The van der Waals surface area contributed by atoms with E-state index in [-0.39, 0.29) is 5.91 Å². The quantitative estimate of drug-likeness (QED) is 0.618. The summed E-state index contributed by atoms with van der Waals surface area (Å²) < 4.78 is 1.67. The molecule has 0 bridgehead atoms. The number of rotatable bonds is 3. The number of aryl methyl sites for hydroxylation is 2. The van der Waals surface area contributed by atoms with Crippen molar-refractivity contribution in [1.29, 1.82) is 0 Å². The first kappa shape index (κ1) is 15.9. The van der Waals surface area contributed by atoms with E-state index in [0.717, 1.165) is 16.5 Å². The van der Waals surface area contributed by atoms with Crippen LogP contribution in [0.1, 0.15) is 21.6 Å². The lowest BCUT2D eigenvalue weighted by molar-refractivity contribution is 0.101. The highest BCUT2D eigenvalue weighted by Gasteiger charge is 2.15. The van der Waals surface area contributed by atoms with Crippen LogP contribution in [0.5, 0.6) is 0 Å². The Hall–Kier alpha value is -3.61. The van der Waals surface area contributed by atoms with Crippen LogP contribution in [-0.2, 0) is 0 Å². The van der Waals surface area contributed by atoms with E-state index < -0.39 is 0 Å². The minimum absolute atomic E-state index is 0.282. The predicted molar refractivity (Wildman–Crippen MR) is 98.2 cm³/mol. The summed E-state index contributed by atoms with van der Waals surface area (Å²) in [5.74, 6) is 0.210. The number of aromatic nitrogens is 5. The van der Waals surface area contributed by atoms with Crippen molar-refractivity contribution in [2.45, 2.75) is 13.8 Å². The van der Waals surface area contributed by atoms with Gasteiger partial charge >= 0.3 is 0 Å². The number of hydrogen-bond acceptors (Lipinski definition) is 5. The fraction of sp³-hybridized carbons (Fsp3) is 0.105. The molecule has 7 nitrogen and oxygen atoms in total. The molecule has 4 rings (SSSR count). The van der Waals surface area contributed by atoms with Gasteiger partial charge in [-0.2, -0.15) is 0 Å². The number of pyridine rings is 2. The molecular weight excluding hydrogens is 328 g/mol. The lowest BCUT2D eigenvalue weighted by Crippen LogP contribution is -2.23. The molecule has 0 spiro atoms. The summed E-state index contributed by atoms with van der Waals surface area (Å²) in [5, 5.41) is 1.04. The van der Waals surface area contributed by atoms with E-state index in [4.69, 9.17) is 0 Å². The number of carbonyl (C=O) groups excluding carboxylic acids is 1. The number of nitrogens with one attached hydrogen (secondary N) is 1. The fourth-order valence-electron chi connectivity index (χ4n) is 2.81. The zero-order valence-corrected chi connectivity index (χ0v) is 14.3. The molecule has 26 heavy (non-hydrogen) atoms. The fourth-order valence-corrected chi connectivity index (χ4v) is 2.81. The van der Waals surface area contributed by atoms with Crippen molar-refractivity contribution in [3.8, 4) is 11.5 Å². The van der Waals surface area contributed by atoms with Gasteiger partial charge in [0.05, 0.1) is 23.0 Å². The van der Waals surface area contributed by atoms with E-state index in [1.165, 1.54) is 6.20 Å². The number of carbonyl (C=O) groups is 1. The molecule has 4 aromatic heterocycles. The molecule has 0 fully saturated rings. The molecule has 7 heteroatoms. The van der Waals surface area contributed by atoms with Gasteiger partial charge in [-0.25, -0.2) is 9.97 Å². The Morgan fingerprint density at radius 3 is 2.73 bits per heavy atom. The summed E-state index contributed by atoms with van der Waals surface area (Å²) in [6.45, 7) is 3.77. The van der Waals surface area contributed by atoms with Crippen molar-refractivity contribution in [3.63, 3.8) is 0 Å². The van der Waals surface area contributed by atoms with Crippen molar-refractivity contribution in [3.05, 3.63) is 72.1 Å². The van der Waals surface area contributed by atoms with Crippen LogP contribution in [-0.4, -0.2) is 30.5 Å². The van der Waals surface area contributed by atoms with E-state index in [0.29, 0.717) is 22.8 Å². The standard InChI is InChI=1S/C19H16N6O/c1-12-11-25(17-10-20-8-6-14(12)17)24-19(26)15-9-22-18(23-13(15)2)16-5-3-4-7-21-16/h3-11H,1-2H3,(H,24,26). The SMILES string of the molecule is Cc1nc(-c2ccccn2)ncc1C(=O)Nn1cc(C)c2ccncc21. The van der Waals surface area contributed by atoms with Gasteiger partial charge in [0.2, 0.25) is 0 Å². The van der Waals surface area contributed by atoms with Crippen molar-refractivity contribution >= 4 is 16.8 Å². The van der Waals surface area contributed by atoms with Gasteiger partial charge in [0.1, 0.15) is 5.69 Å². The number of nitrogens with zero attached hydrogens (tertiary/aromatic N) is 5. The minimum Gasteiger partial charge on any atom is -0.267 e. The molecule has 1 N–H and O–H groups in total. The Labute approximate surface area is 149 Å². The third kappa shape index (κ3) is 2.79. The van der Waals surface area contributed by atoms with E-state index in [1.54, 1.807) is 30.2 Å². The molecule has 0 unspecified atom stereocenters. The first-order chi connectivity index (χ1) is 12.6. The summed E-state index contributed by atoms with van der Waals surface area (Å²) in [5.41, 5.74) is 6.42. The van der Waals surface area contributed by atoms with Crippen LogP contribution in [0, 0.1) is 13.8 Å². The molecule has 0 atom stereocenters. The van der Waals surface area contributed by atoms with Crippen molar-refractivity contribution in [2.24, 2.45) is 0 Å². The Bertz CT molecular complexity index is 1100. The lowest BCUT2D eigenvalue weighted by Gasteiger charge is -2.10. The maximum Gasteiger partial charge on any atom is 0.273 e. The topological polar surface area (TPSA) is 85.6 Å². The number of amides is 1. The van der Waals surface area contributed by atoms with Gasteiger partial charge in [0.25, 0.3) is 5.91 Å². The molecular formula is C19H16N6O. The van der Waals surface area contributed by atoms with Gasteiger partial charge in [0.15, 0.2) is 5.82 Å². The minimum atomic E-state index is -0.282. The molecule has 0 aromatic carbocycles. The third-order valence-corrected chi connectivity index (χ3v) is 4.15. The second kappa shape index (κ2) is 6.36. The molecule has 128 valence electrons. The summed E-state index contributed by atoms with van der Waals surface area (Å²) in [6.07, 6.45) is 8.52. The monoisotopic (exact) mass is 344 g/mol. The van der Waals surface area contributed by atoms with Gasteiger partial charge in [0, 0.05) is 30.2 Å². The van der Waals surface area contributed by atoms with Crippen LogP contribution in [0.25, 0.3) is 22.4 Å². The molecule has 0 aliphatic carbocycles. The Morgan fingerprint density at radius 1 is 1.08 bits per heavy atom. The average Bonchev–Trinajstić information content (AvgIpc) is 2.98. The largest absolute Gasteiger partial charge is 0.273 e. The third-order valence-electron chi connectivity index (χ3n) is 4.15. The van der Waals surface area contributed by atoms with E-state index in [2.05, 4.69) is 25.4 Å². The summed E-state index contributed by atoms with van der Waals surface area (Å²) in [4.78, 5) is 29.7.